The van der Waals surface area contributed by atoms with E-state index < -0.39 is 0 Å². The molecule has 1 amide bonds. The molecule has 6 nitrogen and oxygen atoms in total. The second-order valence-corrected chi connectivity index (χ2v) is 5.76. The van der Waals surface area contributed by atoms with E-state index in [-0.39, 0.29) is 5.91 Å². The Morgan fingerprint density at radius 1 is 1.20 bits per heavy atom. The van der Waals surface area contributed by atoms with Crippen LogP contribution in [0.15, 0.2) is 30.5 Å². The number of ether oxygens (including phenoxy) is 2. The maximum absolute atomic E-state index is 12.5. The van der Waals surface area contributed by atoms with Crippen molar-refractivity contribution in [3.05, 3.63) is 41.2 Å². The lowest BCUT2D eigenvalue weighted by atomic mass is 10.2. The summed E-state index contributed by atoms with van der Waals surface area (Å²) in [5.74, 6) is 0.541. The Morgan fingerprint density at radius 3 is 2.64 bits per heavy atom. The number of hydrogen-bond donors (Lipinski definition) is 2. The number of hydrogen-bond acceptors (Lipinski definition) is 5. The highest BCUT2D eigenvalue weighted by Crippen LogP contribution is 2.36. The summed E-state index contributed by atoms with van der Waals surface area (Å²) in [6.07, 6.45) is 3.76. The molecule has 1 aromatic carbocycles. The van der Waals surface area contributed by atoms with Crippen LogP contribution in [0.5, 0.6) is 11.5 Å². The van der Waals surface area contributed by atoms with Gasteiger partial charge in [-0.05, 0) is 18.6 Å². The number of unbranched alkanes of at least 4 members (excludes halogenated alkanes) is 1. The lowest BCUT2D eigenvalue weighted by molar-refractivity contribution is 0.102. The zero-order valence-electron chi connectivity index (χ0n) is 14.6. The smallest absolute Gasteiger partial charge is 0.274 e. The largest absolute Gasteiger partial charge is 0.495 e. The molecule has 0 atom stereocenters. The van der Waals surface area contributed by atoms with Gasteiger partial charge in [0.15, 0.2) is 0 Å². The van der Waals surface area contributed by atoms with Crippen molar-refractivity contribution in [2.24, 2.45) is 0 Å². The van der Waals surface area contributed by atoms with E-state index in [1.54, 1.807) is 24.4 Å². The van der Waals surface area contributed by atoms with Gasteiger partial charge in [-0.2, -0.15) is 0 Å². The molecule has 0 spiro atoms. The summed E-state index contributed by atoms with van der Waals surface area (Å²) in [5, 5.41) is 6.45. The van der Waals surface area contributed by atoms with E-state index in [0.717, 1.165) is 25.1 Å². The van der Waals surface area contributed by atoms with Gasteiger partial charge < -0.3 is 20.1 Å². The molecule has 0 aliphatic rings. The van der Waals surface area contributed by atoms with Gasteiger partial charge in [0, 0.05) is 30.6 Å². The molecule has 2 N–H and O–H groups in total. The number of aromatic nitrogens is 1. The zero-order valence-corrected chi connectivity index (χ0v) is 15.3. The monoisotopic (exact) mass is 363 g/mol. The number of nitrogens with zero attached hydrogens (tertiary/aromatic N) is 1. The second-order valence-electron chi connectivity index (χ2n) is 5.35. The molecule has 1 heterocycles. The Labute approximate surface area is 152 Å². The molecule has 0 radical (unpaired) electrons. The molecular weight excluding hydrogens is 342 g/mol. The van der Waals surface area contributed by atoms with Crippen LogP contribution in [-0.2, 0) is 0 Å². The van der Waals surface area contributed by atoms with Gasteiger partial charge in [0.1, 0.15) is 17.2 Å². The topological polar surface area (TPSA) is 72.5 Å². The van der Waals surface area contributed by atoms with Crippen LogP contribution in [0.25, 0.3) is 0 Å². The molecule has 2 rings (SSSR count). The van der Waals surface area contributed by atoms with Crippen LogP contribution < -0.4 is 20.1 Å². The molecule has 2 aromatic rings. The predicted molar refractivity (Wildman–Crippen MR) is 100 cm³/mol. The quantitative estimate of drug-likeness (QED) is 0.687. The van der Waals surface area contributed by atoms with E-state index in [4.69, 9.17) is 21.1 Å². The number of nitrogens with one attached hydrogen (secondary N) is 2. The molecule has 7 heteroatoms. The maximum atomic E-state index is 12.5. The highest BCUT2D eigenvalue weighted by atomic mass is 35.5. The minimum Gasteiger partial charge on any atom is -0.495 e. The highest BCUT2D eigenvalue weighted by molar-refractivity contribution is 6.32. The van der Waals surface area contributed by atoms with Gasteiger partial charge in [0.2, 0.25) is 0 Å². The van der Waals surface area contributed by atoms with Gasteiger partial charge in [0.25, 0.3) is 5.91 Å². The van der Waals surface area contributed by atoms with Crippen LogP contribution in [-0.4, -0.2) is 31.7 Å². The van der Waals surface area contributed by atoms with Crippen molar-refractivity contribution in [1.29, 1.82) is 0 Å². The number of methoxy groups -OCH3 is 2. The van der Waals surface area contributed by atoms with Gasteiger partial charge in [0.05, 0.1) is 24.9 Å². The third-order valence-electron chi connectivity index (χ3n) is 3.57. The van der Waals surface area contributed by atoms with Gasteiger partial charge in [-0.1, -0.05) is 24.9 Å². The van der Waals surface area contributed by atoms with Crippen molar-refractivity contribution in [1.82, 2.24) is 4.98 Å². The van der Waals surface area contributed by atoms with E-state index in [9.17, 15) is 4.79 Å². The Kier molecular flexibility index (Phi) is 6.89. The number of amides is 1. The molecule has 0 bridgehead atoms. The summed E-state index contributed by atoms with van der Waals surface area (Å²) in [7, 11) is 3.01. The molecule has 0 aliphatic carbocycles. The molecule has 0 saturated heterocycles. The van der Waals surface area contributed by atoms with E-state index >= 15 is 0 Å². The Hall–Kier alpha value is -2.47. The average molecular weight is 364 g/mol. The summed E-state index contributed by atoms with van der Waals surface area (Å²) in [6.45, 7) is 2.98. The molecule has 0 unspecified atom stereocenters. The number of rotatable bonds is 8. The normalized spacial score (nSPS) is 10.2. The zero-order chi connectivity index (χ0) is 18.2. The first-order valence-corrected chi connectivity index (χ1v) is 8.39. The average Bonchev–Trinajstić information content (AvgIpc) is 2.63. The van der Waals surface area contributed by atoms with Crippen molar-refractivity contribution in [2.75, 3.05) is 31.4 Å². The van der Waals surface area contributed by atoms with Crippen molar-refractivity contribution in [3.63, 3.8) is 0 Å². The summed E-state index contributed by atoms with van der Waals surface area (Å²) >= 11 is 6.08. The van der Waals surface area contributed by atoms with Gasteiger partial charge in [-0.15, -0.1) is 0 Å². The molecule has 134 valence electrons. The lowest BCUT2D eigenvalue weighted by Crippen LogP contribution is -2.15. The fraction of sp³-hybridized carbons (Fsp3) is 0.333. The Balaban J connectivity index is 2.18. The molecular formula is C18H22ClN3O3. The highest BCUT2D eigenvalue weighted by Gasteiger charge is 2.15. The number of carbonyl (C=O) groups excluding carboxylic acids is 1. The standard InChI is InChI=1S/C18H22ClN3O3/c1-4-5-7-20-12-6-8-21-15(9-12)18(23)22-14-11-16(24-2)13(19)10-17(14)25-3/h6,8-11H,4-5,7H2,1-3H3,(H,20,21)(H,22,23). The van der Waals surface area contributed by atoms with E-state index in [2.05, 4.69) is 22.5 Å². The van der Waals surface area contributed by atoms with Crippen molar-refractivity contribution < 1.29 is 14.3 Å². The summed E-state index contributed by atoms with van der Waals surface area (Å²) in [6, 6.07) is 6.75. The SMILES string of the molecule is CCCCNc1ccnc(C(=O)Nc2cc(OC)c(Cl)cc2OC)c1. The minimum absolute atomic E-state index is 0.303. The van der Waals surface area contributed by atoms with Crippen LogP contribution in [0.2, 0.25) is 5.02 Å². The number of benzene rings is 1. The number of anilines is 2. The lowest BCUT2D eigenvalue weighted by Gasteiger charge is -2.13. The summed E-state index contributed by atoms with van der Waals surface area (Å²) in [5.41, 5.74) is 1.62. The van der Waals surface area contributed by atoms with Crippen LogP contribution in [0.3, 0.4) is 0 Å². The molecule has 0 fully saturated rings. The third-order valence-corrected chi connectivity index (χ3v) is 3.87. The van der Waals surface area contributed by atoms with Crippen LogP contribution in [0, 0.1) is 0 Å². The van der Waals surface area contributed by atoms with E-state index in [1.807, 2.05) is 6.07 Å². The molecule has 1 aromatic heterocycles. The summed E-state index contributed by atoms with van der Waals surface area (Å²) < 4.78 is 10.4. The predicted octanol–water partition coefficient (Wildman–Crippen LogP) is 4.22. The number of carbonyl (C=O) groups is 1. The van der Waals surface area contributed by atoms with Crippen molar-refractivity contribution in [2.45, 2.75) is 19.8 Å². The third kappa shape index (κ3) is 5.00. The number of pyridine rings is 1. The number of halogens is 1. The van der Waals surface area contributed by atoms with Gasteiger partial charge in [-0.3, -0.25) is 9.78 Å². The Morgan fingerprint density at radius 2 is 1.96 bits per heavy atom. The molecule has 25 heavy (non-hydrogen) atoms. The van der Waals surface area contributed by atoms with E-state index in [1.165, 1.54) is 14.2 Å². The first-order valence-electron chi connectivity index (χ1n) is 8.01. The maximum Gasteiger partial charge on any atom is 0.274 e. The van der Waals surface area contributed by atoms with Gasteiger partial charge >= 0.3 is 0 Å². The Bertz CT molecular complexity index is 738. The van der Waals surface area contributed by atoms with Crippen LogP contribution in [0.1, 0.15) is 30.3 Å². The first kappa shape index (κ1) is 18.9. The fourth-order valence-electron chi connectivity index (χ4n) is 2.22. The molecule has 0 saturated carbocycles. The minimum atomic E-state index is -0.346. The van der Waals surface area contributed by atoms with Crippen molar-refractivity contribution in [3.8, 4) is 11.5 Å². The summed E-state index contributed by atoms with van der Waals surface area (Å²) in [4.78, 5) is 16.6. The van der Waals surface area contributed by atoms with Crippen LogP contribution in [0.4, 0.5) is 11.4 Å². The van der Waals surface area contributed by atoms with Gasteiger partial charge in [-0.25, -0.2) is 0 Å². The second kappa shape index (κ2) is 9.13. The van der Waals surface area contributed by atoms with E-state index in [0.29, 0.717) is 27.9 Å². The van der Waals surface area contributed by atoms with Crippen LogP contribution >= 0.6 is 11.6 Å². The van der Waals surface area contributed by atoms with Crippen molar-refractivity contribution >= 4 is 28.9 Å². The molecule has 0 aliphatic heterocycles. The first-order chi connectivity index (χ1) is 12.1. The fourth-order valence-corrected chi connectivity index (χ4v) is 2.45.